The van der Waals surface area contributed by atoms with Crippen molar-refractivity contribution in [3.63, 3.8) is 0 Å². The van der Waals surface area contributed by atoms with Crippen molar-refractivity contribution in [2.45, 2.75) is 13.5 Å². The summed E-state index contributed by atoms with van der Waals surface area (Å²) in [7, 11) is 0. The van der Waals surface area contributed by atoms with Gasteiger partial charge in [-0.1, -0.05) is 6.07 Å². The SMILES string of the molecule is Cc1nc(Nc2ccccn2)cc(N2CCN(C(=O)Cn3cccc3)CC2)n1. The van der Waals surface area contributed by atoms with Gasteiger partial charge in [0.1, 0.15) is 29.8 Å². The molecule has 0 bridgehead atoms. The molecule has 0 unspecified atom stereocenters. The van der Waals surface area contributed by atoms with E-state index >= 15 is 0 Å². The molecular weight excluding hydrogens is 354 g/mol. The fraction of sp³-hybridized carbons (Fsp3) is 0.300. The average molecular weight is 377 g/mol. The van der Waals surface area contributed by atoms with Crippen LogP contribution >= 0.6 is 0 Å². The number of pyridine rings is 1. The van der Waals surface area contributed by atoms with Crippen LogP contribution in [0.3, 0.4) is 0 Å². The number of aryl methyl sites for hydroxylation is 1. The third-order valence-electron chi connectivity index (χ3n) is 4.69. The van der Waals surface area contributed by atoms with Crippen LogP contribution in [0.15, 0.2) is 55.0 Å². The van der Waals surface area contributed by atoms with Crippen molar-refractivity contribution >= 4 is 23.4 Å². The second kappa shape index (κ2) is 8.08. The van der Waals surface area contributed by atoms with Gasteiger partial charge in [0.15, 0.2) is 0 Å². The van der Waals surface area contributed by atoms with Gasteiger partial charge in [0, 0.05) is 50.8 Å². The molecule has 0 saturated carbocycles. The summed E-state index contributed by atoms with van der Waals surface area (Å²) in [4.78, 5) is 29.9. The predicted octanol–water partition coefficient (Wildman–Crippen LogP) is 2.07. The van der Waals surface area contributed by atoms with Crippen LogP contribution in [0.2, 0.25) is 0 Å². The van der Waals surface area contributed by atoms with Crippen molar-refractivity contribution in [2.75, 3.05) is 36.4 Å². The number of rotatable bonds is 5. The Bertz CT molecular complexity index is 919. The number of carbonyl (C=O) groups excluding carboxylic acids is 1. The molecule has 1 saturated heterocycles. The van der Waals surface area contributed by atoms with Crippen LogP contribution in [0.1, 0.15) is 5.82 Å². The van der Waals surface area contributed by atoms with Crippen LogP contribution in [-0.2, 0) is 11.3 Å². The van der Waals surface area contributed by atoms with E-state index in [1.807, 2.05) is 65.2 Å². The van der Waals surface area contributed by atoms with Gasteiger partial charge in [-0.2, -0.15) is 0 Å². The highest BCUT2D eigenvalue weighted by Crippen LogP contribution is 2.20. The monoisotopic (exact) mass is 377 g/mol. The first-order chi connectivity index (χ1) is 13.7. The van der Waals surface area contributed by atoms with Crippen LogP contribution in [0.4, 0.5) is 17.5 Å². The molecular formula is C20H23N7O. The van der Waals surface area contributed by atoms with Crippen LogP contribution in [0.25, 0.3) is 0 Å². The maximum absolute atomic E-state index is 12.5. The second-order valence-corrected chi connectivity index (χ2v) is 6.72. The van der Waals surface area contributed by atoms with Gasteiger partial charge in [0.25, 0.3) is 0 Å². The fourth-order valence-electron chi connectivity index (χ4n) is 3.26. The van der Waals surface area contributed by atoms with E-state index in [4.69, 9.17) is 0 Å². The Morgan fingerprint density at radius 3 is 2.54 bits per heavy atom. The lowest BCUT2D eigenvalue weighted by Crippen LogP contribution is -2.49. The minimum absolute atomic E-state index is 0.146. The van der Waals surface area contributed by atoms with Crippen molar-refractivity contribution in [1.29, 1.82) is 0 Å². The molecule has 144 valence electrons. The first-order valence-electron chi connectivity index (χ1n) is 9.34. The quantitative estimate of drug-likeness (QED) is 0.733. The Labute approximate surface area is 163 Å². The lowest BCUT2D eigenvalue weighted by atomic mass is 10.3. The third kappa shape index (κ3) is 4.28. The number of hydrogen-bond acceptors (Lipinski definition) is 6. The first kappa shape index (κ1) is 18.0. The lowest BCUT2D eigenvalue weighted by Gasteiger charge is -2.35. The van der Waals surface area contributed by atoms with Crippen molar-refractivity contribution in [3.05, 3.63) is 60.8 Å². The molecule has 1 N–H and O–H groups in total. The largest absolute Gasteiger partial charge is 0.353 e. The van der Waals surface area contributed by atoms with Gasteiger partial charge in [-0.15, -0.1) is 0 Å². The van der Waals surface area contributed by atoms with Gasteiger partial charge in [-0.05, 0) is 31.2 Å². The maximum atomic E-state index is 12.5. The highest BCUT2D eigenvalue weighted by atomic mass is 16.2. The van der Waals surface area contributed by atoms with E-state index in [0.29, 0.717) is 31.3 Å². The topological polar surface area (TPSA) is 79.2 Å². The maximum Gasteiger partial charge on any atom is 0.242 e. The zero-order chi connectivity index (χ0) is 19.3. The van der Waals surface area contributed by atoms with Gasteiger partial charge in [-0.3, -0.25) is 4.79 Å². The van der Waals surface area contributed by atoms with Crippen molar-refractivity contribution in [1.82, 2.24) is 24.4 Å². The molecule has 0 radical (unpaired) electrons. The van der Waals surface area contributed by atoms with E-state index in [1.54, 1.807) is 6.20 Å². The van der Waals surface area contributed by atoms with Gasteiger partial charge in [0.2, 0.25) is 5.91 Å². The molecule has 0 aliphatic carbocycles. The van der Waals surface area contributed by atoms with E-state index in [1.165, 1.54) is 0 Å². The van der Waals surface area contributed by atoms with E-state index in [9.17, 15) is 4.79 Å². The summed E-state index contributed by atoms with van der Waals surface area (Å²) in [6.07, 6.45) is 5.56. The lowest BCUT2D eigenvalue weighted by molar-refractivity contribution is -0.132. The first-order valence-corrected chi connectivity index (χ1v) is 9.34. The number of anilines is 3. The Kier molecular flexibility index (Phi) is 5.18. The zero-order valence-electron chi connectivity index (χ0n) is 15.8. The Morgan fingerprint density at radius 2 is 1.82 bits per heavy atom. The number of nitrogens with one attached hydrogen (secondary N) is 1. The number of nitrogens with zero attached hydrogens (tertiary/aromatic N) is 6. The standard InChI is InChI=1S/C20H23N7O/c1-16-22-18(24-17-6-2-3-7-21-17)14-19(23-16)26-10-12-27(13-11-26)20(28)15-25-8-4-5-9-25/h2-9,14H,10-13,15H2,1H3,(H,21,22,23,24). The van der Waals surface area contributed by atoms with Crippen LogP contribution in [0, 0.1) is 6.92 Å². The Balaban J connectivity index is 1.39. The molecule has 1 aliphatic rings. The molecule has 4 heterocycles. The summed E-state index contributed by atoms with van der Waals surface area (Å²) in [5.41, 5.74) is 0. The molecule has 0 spiro atoms. The number of piperazine rings is 1. The van der Waals surface area contributed by atoms with E-state index in [2.05, 4.69) is 25.2 Å². The Morgan fingerprint density at radius 1 is 1.04 bits per heavy atom. The molecule has 1 fully saturated rings. The molecule has 0 atom stereocenters. The highest BCUT2D eigenvalue weighted by molar-refractivity contribution is 5.76. The summed E-state index contributed by atoms with van der Waals surface area (Å²) < 4.78 is 1.90. The predicted molar refractivity (Wildman–Crippen MR) is 108 cm³/mol. The normalized spacial score (nSPS) is 14.2. The Hall–Kier alpha value is -3.42. The molecule has 8 nitrogen and oxygen atoms in total. The molecule has 1 aliphatic heterocycles. The van der Waals surface area contributed by atoms with Gasteiger partial charge >= 0.3 is 0 Å². The van der Waals surface area contributed by atoms with E-state index in [0.717, 1.165) is 24.7 Å². The molecule has 1 amide bonds. The fourth-order valence-corrected chi connectivity index (χ4v) is 3.26. The summed E-state index contributed by atoms with van der Waals surface area (Å²) in [6.45, 7) is 5.13. The third-order valence-corrected chi connectivity index (χ3v) is 4.69. The summed E-state index contributed by atoms with van der Waals surface area (Å²) in [6, 6.07) is 11.5. The van der Waals surface area contributed by atoms with Gasteiger partial charge in [0.05, 0.1) is 0 Å². The summed E-state index contributed by atoms with van der Waals surface area (Å²) >= 11 is 0. The number of hydrogen-bond donors (Lipinski definition) is 1. The summed E-state index contributed by atoms with van der Waals surface area (Å²) in [5, 5.41) is 3.22. The van der Waals surface area contributed by atoms with Gasteiger partial charge < -0.3 is 19.7 Å². The number of aromatic nitrogens is 4. The van der Waals surface area contributed by atoms with Gasteiger partial charge in [-0.25, -0.2) is 15.0 Å². The number of carbonyl (C=O) groups is 1. The van der Waals surface area contributed by atoms with E-state index in [-0.39, 0.29) is 5.91 Å². The molecule has 8 heteroatoms. The highest BCUT2D eigenvalue weighted by Gasteiger charge is 2.22. The zero-order valence-corrected chi connectivity index (χ0v) is 15.8. The van der Waals surface area contributed by atoms with Crippen molar-refractivity contribution in [2.24, 2.45) is 0 Å². The van der Waals surface area contributed by atoms with Crippen LogP contribution in [-0.4, -0.2) is 56.5 Å². The smallest absolute Gasteiger partial charge is 0.242 e. The summed E-state index contributed by atoms with van der Waals surface area (Å²) in [5.74, 6) is 3.16. The van der Waals surface area contributed by atoms with Crippen molar-refractivity contribution in [3.8, 4) is 0 Å². The molecule has 3 aromatic rings. The van der Waals surface area contributed by atoms with Crippen LogP contribution in [0.5, 0.6) is 0 Å². The molecule has 28 heavy (non-hydrogen) atoms. The molecule has 0 aromatic carbocycles. The minimum Gasteiger partial charge on any atom is -0.353 e. The average Bonchev–Trinajstić information content (AvgIpc) is 3.21. The molecule has 3 aromatic heterocycles. The van der Waals surface area contributed by atoms with E-state index < -0.39 is 0 Å². The van der Waals surface area contributed by atoms with Crippen LogP contribution < -0.4 is 10.2 Å². The second-order valence-electron chi connectivity index (χ2n) is 6.72. The molecule has 4 rings (SSSR count). The minimum atomic E-state index is 0.146. The number of amides is 1. The van der Waals surface area contributed by atoms with Crippen molar-refractivity contribution < 1.29 is 4.79 Å².